The summed E-state index contributed by atoms with van der Waals surface area (Å²) in [7, 11) is -3.00. The quantitative estimate of drug-likeness (QED) is 0.513. The Morgan fingerprint density at radius 2 is 2.08 bits per heavy atom. The molecule has 0 amide bonds. The van der Waals surface area contributed by atoms with Gasteiger partial charge >= 0.3 is 8.25 Å². The lowest BCUT2D eigenvalue weighted by molar-refractivity contribution is -0.0114. The molecule has 0 bridgehead atoms. The van der Waals surface area contributed by atoms with Gasteiger partial charge in [0, 0.05) is 0 Å². The van der Waals surface area contributed by atoms with Gasteiger partial charge in [0.1, 0.15) is 18.3 Å². The van der Waals surface area contributed by atoms with Gasteiger partial charge in [-0.15, -0.1) is 0 Å². The molecule has 1 rings (SSSR count). The van der Waals surface area contributed by atoms with Crippen molar-refractivity contribution in [1.82, 2.24) is 0 Å². The van der Waals surface area contributed by atoms with Crippen LogP contribution >= 0.6 is 8.25 Å². The molecular weight excluding hydrogens is 199 g/mol. The Labute approximate surface area is 76.0 Å². The lowest BCUT2D eigenvalue weighted by Crippen LogP contribution is -2.33. The molecule has 1 saturated heterocycles. The number of aliphatic hydroxyl groups excluding tert-OH is 2. The van der Waals surface area contributed by atoms with Gasteiger partial charge in [-0.1, -0.05) is 0 Å². The molecule has 78 valence electrons. The smallest absolute Gasteiger partial charge is 0.316 e. The Morgan fingerprint density at radius 3 is 2.46 bits per heavy atom. The van der Waals surface area contributed by atoms with E-state index in [1.165, 1.54) is 0 Å². The van der Waals surface area contributed by atoms with Crippen molar-refractivity contribution < 1.29 is 28.9 Å². The van der Waals surface area contributed by atoms with Gasteiger partial charge < -0.3 is 24.4 Å². The van der Waals surface area contributed by atoms with E-state index in [1.54, 1.807) is 6.92 Å². The van der Waals surface area contributed by atoms with Crippen LogP contribution in [0.1, 0.15) is 6.92 Å². The van der Waals surface area contributed by atoms with Crippen LogP contribution in [0.4, 0.5) is 0 Å². The molecule has 1 aliphatic rings. The lowest BCUT2D eigenvalue weighted by Gasteiger charge is -2.13. The first-order chi connectivity index (χ1) is 6.02. The Morgan fingerprint density at radius 1 is 1.46 bits per heavy atom. The molecule has 1 fully saturated rings. The highest BCUT2D eigenvalue weighted by molar-refractivity contribution is 7.32. The second-order valence-corrected chi connectivity index (χ2v) is 3.76. The summed E-state index contributed by atoms with van der Waals surface area (Å²) in [6.07, 6.45) is -3.23. The third-order valence-electron chi connectivity index (χ3n) is 1.97. The maximum atomic E-state index is 10.2. The zero-order valence-electron chi connectivity index (χ0n) is 7.08. The molecular formula is C6H13O6P. The van der Waals surface area contributed by atoms with Crippen LogP contribution in [0.3, 0.4) is 0 Å². The first kappa shape index (κ1) is 11.1. The molecule has 13 heavy (non-hydrogen) atoms. The summed E-state index contributed by atoms with van der Waals surface area (Å²) in [5, 5.41) is 18.6. The van der Waals surface area contributed by atoms with Gasteiger partial charge in [0.15, 0.2) is 0 Å². The highest BCUT2D eigenvalue weighted by atomic mass is 31.1. The van der Waals surface area contributed by atoms with Gasteiger partial charge in [-0.3, -0.25) is 4.57 Å². The van der Waals surface area contributed by atoms with Crippen LogP contribution in [0, 0.1) is 0 Å². The fourth-order valence-corrected chi connectivity index (χ4v) is 1.53. The van der Waals surface area contributed by atoms with E-state index in [0.29, 0.717) is 0 Å². The average molecular weight is 212 g/mol. The highest BCUT2D eigenvalue weighted by Gasteiger charge is 2.40. The first-order valence-electron chi connectivity index (χ1n) is 3.89. The van der Waals surface area contributed by atoms with E-state index in [9.17, 15) is 14.8 Å². The molecule has 6 nitrogen and oxygen atoms in total. The molecule has 0 spiro atoms. The molecule has 7 heteroatoms. The van der Waals surface area contributed by atoms with Gasteiger partial charge in [-0.2, -0.15) is 0 Å². The Kier molecular flexibility index (Phi) is 3.85. The van der Waals surface area contributed by atoms with Crippen molar-refractivity contribution in [3.63, 3.8) is 0 Å². The predicted molar refractivity (Wildman–Crippen MR) is 43.5 cm³/mol. The first-order valence-corrected chi connectivity index (χ1v) is 5.16. The summed E-state index contributed by atoms with van der Waals surface area (Å²) in [5.74, 6) is 0. The normalized spacial score (nSPS) is 42.2. The van der Waals surface area contributed by atoms with E-state index >= 15 is 0 Å². The third kappa shape index (κ3) is 2.74. The molecule has 5 atom stereocenters. The van der Waals surface area contributed by atoms with E-state index in [2.05, 4.69) is 4.52 Å². The fraction of sp³-hybridized carbons (Fsp3) is 1.00. The average Bonchev–Trinajstić information content (AvgIpc) is 2.29. The summed E-state index contributed by atoms with van der Waals surface area (Å²) in [6.45, 7) is 1.42. The van der Waals surface area contributed by atoms with E-state index in [-0.39, 0.29) is 6.61 Å². The molecule has 3 N–H and O–H groups in total. The molecule has 0 saturated carbocycles. The van der Waals surface area contributed by atoms with Crippen molar-refractivity contribution in [3.05, 3.63) is 0 Å². The van der Waals surface area contributed by atoms with Crippen molar-refractivity contribution in [2.75, 3.05) is 6.61 Å². The van der Waals surface area contributed by atoms with E-state index in [1.807, 2.05) is 0 Å². The minimum atomic E-state index is -3.00. The van der Waals surface area contributed by atoms with Crippen molar-refractivity contribution in [2.45, 2.75) is 31.3 Å². The molecule has 1 heterocycles. The van der Waals surface area contributed by atoms with Crippen LogP contribution in [0.5, 0.6) is 0 Å². The minimum Gasteiger partial charge on any atom is -0.388 e. The van der Waals surface area contributed by atoms with Gasteiger partial charge in [0.25, 0.3) is 0 Å². The number of rotatable bonds is 3. The maximum Gasteiger partial charge on any atom is 0.316 e. The zero-order valence-corrected chi connectivity index (χ0v) is 8.08. The van der Waals surface area contributed by atoms with E-state index < -0.39 is 32.7 Å². The fourth-order valence-electron chi connectivity index (χ4n) is 1.23. The largest absolute Gasteiger partial charge is 0.388 e. The minimum absolute atomic E-state index is 0.184. The second-order valence-electron chi connectivity index (χ2n) is 2.94. The van der Waals surface area contributed by atoms with Crippen molar-refractivity contribution >= 4 is 8.25 Å². The van der Waals surface area contributed by atoms with Gasteiger partial charge in [-0.25, -0.2) is 0 Å². The van der Waals surface area contributed by atoms with Crippen LogP contribution in [-0.2, 0) is 13.8 Å². The van der Waals surface area contributed by atoms with Crippen LogP contribution in [0.2, 0.25) is 0 Å². The van der Waals surface area contributed by atoms with Crippen LogP contribution in [0.25, 0.3) is 0 Å². The van der Waals surface area contributed by atoms with Crippen LogP contribution in [-0.4, -0.2) is 46.1 Å². The predicted octanol–water partition coefficient (Wildman–Crippen LogP) is -1.11. The van der Waals surface area contributed by atoms with Gasteiger partial charge in [-0.05, 0) is 6.92 Å². The Balaban J connectivity index is 2.40. The molecule has 0 radical (unpaired) electrons. The van der Waals surface area contributed by atoms with Crippen LogP contribution in [0.15, 0.2) is 0 Å². The number of aliphatic hydroxyl groups is 2. The number of hydrogen-bond acceptors (Lipinski definition) is 5. The molecule has 0 aromatic rings. The van der Waals surface area contributed by atoms with Crippen LogP contribution < -0.4 is 0 Å². The molecule has 1 aliphatic heterocycles. The molecule has 0 aromatic heterocycles. The highest BCUT2D eigenvalue weighted by Crippen LogP contribution is 2.24. The summed E-state index contributed by atoms with van der Waals surface area (Å²) >= 11 is 0. The molecule has 5 unspecified atom stereocenters. The lowest BCUT2D eigenvalue weighted by atomic mass is 10.1. The van der Waals surface area contributed by atoms with Crippen molar-refractivity contribution in [1.29, 1.82) is 0 Å². The topological polar surface area (TPSA) is 96.2 Å². The second kappa shape index (κ2) is 4.50. The maximum absolute atomic E-state index is 10.2. The summed E-state index contributed by atoms with van der Waals surface area (Å²) in [4.78, 5) is 8.36. The summed E-state index contributed by atoms with van der Waals surface area (Å²) in [6, 6.07) is 0. The summed E-state index contributed by atoms with van der Waals surface area (Å²) < 4.78 is 19.7. The van der Waals surface area contributed by atoms with E-state index in [4.69, 9.17) is 9.63 Å². The van der Waals surface area contributed by atoms with Crippen molar-refractivity contribution in [2.24, 2.45) is 0 Å². The summed E-state index contributed by atoms with van der Waals surface area (Å²) in [5.41, 5.74) is 0. The monoisotopic (exact) mass is 212 g/mol. The Bertz CT molecular complexity index is 198. The van der Waals surface area contributed by atoms with E-state index in [0.717, 1.165) is 0 Å². The van der Waals surface area contributed by atoms with Gasteiger partial charge in [0.05, 0.1) is 12.7 Å². The molecule has 0 aliphatic carbocycles. The molecule has 0 aromatic carbocycles. The zero-order chi connectivity index (χ0) is 10.0. The third-order valence-corrected chi connectivity index (χ3v) is 2.39. The van der Waals surface area contributed by atoms with Gasteiger partial charge in [0.2, 0.25) is 0 Å². The standard InChI is InChI=1S/C6H13O6P/c1-3-5(7)6(8)4(12-3)2-11-13(9)10/h3-8,13H,2H2,1H3,(H,9,10). The SMILES string of the molecule is CC1OC(CO[PH](=O)O)C(O)C1O. The Hall–Kier alpha value is 0.0300. The van der Waals surface area contributed by atoms with Crippen molar-refractivity contribution in [3.8, 4) is 0 Å². The number of hydrogen-bond donors (Lipinski definition) is 3. The number of ether oxygens (including phenoxy) is 1.